The summed E-state index contributed by atoms with van der Waals surface area (Å²) in [5, 5.41) is 4.87. The zero-order chi connectivity index (χ0) is 11.5. The van der Waals surface area contributed by atoms with E-state index in [-0.39, 0.29) is 30.7 Å². The van der Waals surface area contributed by atoms with Crippen molar-refractivity contribution in [3.8, 4) is 0 Å². The van der Waals surface area contributed by atoms with Crippen LogP contribution in [0.1, 0.15) is 26.7 Å². The molecule has 1 saturated heterocycles. The minimum absolute atomic E-state index is 0.0884. The van der Waals surface area contributed by atoms with Gasteiger partial charge in [-0.1, -0.05) is 0 Å². The van der Waals surface area contributed by atoms with Gasteiger partial charge in [0.25, 0.3) is 0 Å². The van der Waals surface area contributed by atoms with Gasteiger partial charge in [-0.05, 0) is 26.7 Å². The van der Waals surface area contributed by atoms with E-state index in [1.165, 1.54) is 0 Å². The van der Waals surface area contributed by atoms with Crippen LogP contribution in [0.4, 0.5) is 0 Å². The van der Waals surface area contributed by atoms with Crippen LogP contribution in [0.5, 0.6) is 0 Å². The molecule has 1 heterocycles. The van der Waals surface area contributed by atoms with Crippen molar-refractivity contribution in [2.75, 3.05) is 12.4 Å². The van der Waals surface area contributed by atoms with Gasteiger partial charge < -0.3 is 9.47 Å². The Labute approximate surface area is 91.0 Å². The minimum atomic E-state index is -3.41. The van der Waals surface area contributed by atoms with Crippen molar-refractivity contribution < 1.29 is 17.9 Å². The molecule has 0 saturated carbocycles. The minimum Gasteiger partial charge on any atom is -0.377 e. The topological polar surface area (TPSA) is 78.6 Å². The van der Waals surface area contributed by atoms with Gasteiger partial charge in [-0.3, -0.25) is 0 Å². The van der Waals surface area contributed by atoms with Crippen molar-refractivity contribution in [1.82, 2.24) is 0 Å². The molecule has 15 heavy (non-hydrogen) atoms. The Bertz CT molecular complexity index is 280. The number of sulfonamides is 1. The van der Waals surface area contributed by atoms with Crippen LogP contribution in [0.25, 0.3) is 0 Å². The van der Waals surface area contributed by atoms with E-state index in [0.29, 0.717) is 0 Å². The summed E-state index contributed by atoms with van der Waals surface area (Å²) in [6.07, 6.45) is 2.07. The van der Waals surface area contributed by atoms with Gasteiger partial charge >= 0.3 is 0 Å². The van der Waals surface area contributed by atoms with Gasteiger partial charge in [-0.15, -0.1) is 0 Å². The summed E-state index contributed by atoms with van der Waals surface area (Å²) < 4.78 is 32.4. The van der Waals surface area contributed by atoms with Gasteiger partial charge in [0.1, 0.15) is 0 Å². The van der Waals surface area contributed by atoms with Gasteiger partial charge in [0.2, 0.25) is 10.0 Å². The summed E-state index contributed by atoms with van der Waals surface area (Å²) in [6.45, 7) is 4.15. The summed E-state index contributed by atoms with van der Waals surface area (Å²) in [5.41, 5.74) is 0. The van der Waals surface area contributed by atoms with Gasteiger partial charge in [0, 0.05) is 0 Å². The van der Waals surface area contributed by atoms with E-state index in [2.05, 4.69) is 0 Å². The van der Waals surface area contributed by atoms with Crippen molar-refractivity contribution >= 4 is 10.0 Å². The van der Waals surface area contributed by atoms with Gasteiger partial charge in [0.15, 0.2) is 0 Å². The number of nitrogens with two attached hydrogens (primary N) is 1. The van der Waals surface area contributed by atoms with Crippen molar-refractivity contribution in [2.24, 2.45) is 5.14 Å². The fraction of sp³-hybridized carbons (Fsp3) is 1.00. The fourth-order valence-corrected chi connectivity index (χ4v) is 2.14. The van der Waals surface area contributed by atoms with Gasteiger partial charge in [-0.25, -0.2) is 13.6 Å². The average molecular weight is 237 g/mol. The van der Waals surface area contributed by atoms with Crippen LogP contribution in [0.15, 0.2) is 0 Å². The zero-order valence-electron chi connectivity index (χ0n) is 9.18. The van der Waals surface area contributed by atoms with Crippen LogP contribution < -0.4 is 5.14 Å². The number of hydrogen-bond donors (Lipinski definition) is 1. The molecule has 0 aromatic carbocycles. The summed E-state index contributed by atoms with van der Waals surface area (Å²) in [7, 11) is -3.41. The second kappa shape index (κ2) is 5.25. The predicted octanol–water partition coefficient (Wildman–Crippen LogP) is 0.248. The SMILES string of the molecule is CC1CC(OCCS(N)(=O)=O)CC(C)O1. The maximum Gasteiger partial charge on any atom is 0.211 e. The van der Waals surface area contributed by atoms with E-state index in [1.807, 2.05) is 13.8 Å². The molecule has 1 rings (SSSR count). The lowest BCUT2D eigenvalue weighted by Crippen LogP contribution is -2.35. The summed E-state index contributed by atoms with van der Waals surface area (Å²) in [4.78, 5) is 0. The van der Waals surface area contributed by atoms with E-state index in [1.54, 1.807) is 0 Å². The monoisotopic (exact) mass is 237 g/mol. The van der Waals surface area contributed by atoms with E-state index >= 15 is 0 Å². The highest BCUT2D eigenvalue weighted by Crippen LogP contribution is 2.21. The van der Waals surface area contributed by atoms with E-state index < -0.39 is 10.0 Å². The molecular formula is C9H19NO4S. The number of rotatable bonds is 4. The smallest absolute Gasteiger partial charge is 0.211 e. The first-order valence-electron chi connectivity index (χ1n) is 5.14. The lowest BCUT2D eigenvalue weighted by molar-refractivity contribution is -0.0990. The van der Waals surface area contributed by atoms with Crippen LogP contribution in [0, 0.1) is 0 Å². The molecule has 90 valence electrons. The van der Waals surface area contributed by atoms with Crippen molar-refractivity contribution in [2.45, 2.75) is 45.0 Å². The van der Waals surface area contributed by atoms with Crippen LogP contribution in [0.3, 0.4) is 0 Å². The molecule has 1 aliphatic rings. The lowest BCUT2D eigenvalue weighted by Gasteiger charge is -2.31. The maximum absolute atomic E-state index is 10.7. The van der Waals surface area contributed by atoms with E-state index in [0.717, 1.165) is 12.8 Å². The van der Waals surface area contributed by atoms with Crippen LogP contribution in [-0.2, 0) is 19.5 Å². The van der Waals surface area contributed by atoms with Crippen LogP contribution in [-0.4, -0.2) is 39.1 Å². The maximum atomic E-state index is 10.7. The second-order valence-corrected chi connectivity index (χ2v) is 5.82. The molecule has 6 heteroatoms. The Morgan fingerprint density at radius 2 is 1.87 bits per heavy atom. The molecule has 2 N–H and O–H groups in total. The third-order valence-electron chi connectivity index (χ3n) is 2.38. The Morgan fingerprint density at radius 3 is 2.33 bits per heavy atom. The highest BCUT2D eigenvalue weighted by Gasteiger charge is 2.24. The molecular weight excluding hydrogens is 218 g/mol. The van der Waals surface area contributed by atoms with Crippen molar-refractivity contribution in [3.05, 3.63) is 0 Å². The zero-order valence-corrected chi connectivity index (χ0v) is 10.00. The first-order chi connectivity index (χ1) is 6.87. The lowest BCUT2D eigenvalue weighted by atomic mass is 10.0. The van der Waals surface area contributed by atoms with Gasteiger partial charge in [0.05, 0.1) is 30.7 Å². The van der Waals surface area contributed by atoms with Crippen molar-refractivity contribution in [1.29, 1.82) is 0 Å². The molecule has 0 spiro atoms. The molecule has 2 unspecified atom stereocenters. The molecule has 0 radical (unpaired) electrons. The summed E-state index contributed by atoms with van der Waals surface area (Å²) in [5.74, 6) is -0.118. The molecule has 0 aromatic heterocycles. The van der Waals surface area contributed by atoms with E-state index in [4.69, 9.17) is 14.6 Å². The first kappa shape index (κ1) is 12.9. The Kier molecular flexibility index (Phi) is 4.51. The summed E-state index contributed by atoms with van der Waals surface area (Å²) >= 11 is 0. The highest BCUT2D eigenvalue weighted by molar-refractivity contribution is 7.89. The number of primary sulfonamides is 1. The molecule has 0 aliphatic carbocycles. The Morgan fingerprint density at radius 1 is 1.33 bits per heavy atom. The third kappa shape index (κ3) is 5.46. The molecule has 0 bridgehead atoms. The largest absolute Gasteiger partial charge is 0.377 e. The average Bonchev–Trinajstić information content (AvgIpc) is 1.99. The van der Waals surface area contributed by atoms with Crippen molar-refractivity contribution in [3.63, 3.8) is 0 Å². The quantitative estimate of drug-likeness (QED) is 0.760. The molecule has 0 aromatic rings. The number of hydrogen-bond acceptors (Lipinski definition) is 4. The van der Waals surface area contributed by atoms with E-state index in [9.17, 15) is 8.42 Å². The van der Waals surface area contributed by atoms with Gasteiger partial charge in [-0.2, -0.15) is 0 Å². The number of ether oxygens (including phenoxy) is 2. The van der Waals surface area contributed by atoms with Crippen LogP contribution >= 0.6 is 0 Å². The second-order valence-electron chi connectivity index (χ2n) is 4.09. The van der Waals surface area contributed by atoms with Crippen LogP contribution in [0.2, 0.25) is 0 Å². The third-order valence-corrected chi connectivity index (χ3v) is 3.11. The Balaban J connectivity index is 2.26. The predicted molar refractivity (Wildman–Crippen MR) is 57.0 cm³/mol. The Hall–Kier alpha value is -0.170. The standard InChI is InChI=1S/C9H19NO4S/c1-7-5-9(6-8(2)14-7)13-3-4-15(10,11)12/h7-9H,3-6H2,1-2H3,(H2,10,11,12). The molecule has 5 nitrogen and oxygen atoms in total. The fourth-order valence-electron chi connectivity index (χ4n) is 1.81. The first-order valence-corrected chi connectivity index (χ1v) is 6.86. The summed E-state index contributed by atoms with van der Waals surface area (Å²) in [6, 6.07) is 0. The molecule has 1 aliphatic heterocycles. The highest BCUT2D eigenvalue weighted by atomic mass is 32.2. The molecule has 0 amide bonds. The normalized spacial score (nSPS) is 32.9. The molecule has 2 atom stereocenters. The molecule has 1 fully saturated rings.